The van der Waals surface area contributed by atoms with E-state index in [2.05, 4.69) is 11.5 Å². The lowest BCUT2D eigenvalue weighted by atomic mass is 10.2. The van der Waals surface area contributed by atoms with Gasteiger partial charge in [0, 0.05) is 32.7 Å². The fraction of sp³-hybridized carbons (Fsp3) is 0.438. The van der Waals surface area contributed by atoms with E-state index in [1.54, 1.807) is 4.90 Å². The van der Waals surface area contributed by atoms with Crippen LogP contribution in [0.4, 0.5) is 4.79 Å². The zero-order chi connectivity index (χ0) is 14.2. The Morgan fingerprint density at radius 1 is 1.20 bits per heavy atom. The van der Waals surface area contributed by atoms with Crippen molar-refractivity contribution < 1.29 is 9.53 Å². The van der Waals surface area contributed by atoms with E-state index in [4.69, 9.17) is 4.74 Å². The lowest BCUT2D eigenvalue weighted by Crippen LogP contribution is -2.35. The highest BCUT2D eigenvalue weighted by molar-refractivity contribution is 5.67. The predicted octanol–water partition coefficient (Wildman–Crippen LogP) is 2.52. The zero-order valence-electron chi connectivity index (χ0n) is 11.8. The van der Waals surface area contributed by atoms with Crippen molar-refractivity contribution in [3.63, 3.8) is 0 Å². The molecular formula is C16H22N2O2. The lowest BCUT2D eigenvalue weighted by molar-refractivity contribution is 0.0975. The first-order valence-electron chi connectivity index (χ1n) is 7.08. The maximum absolute atomic E-state index is 12.1. The minimum atomic E-state index is -0.214. The molecule has 1 amide bonds. The topological polar surface area (TPSA) is 32.8 Å². The van der Waals surface area contributed by atoms with E-state index in [9.17, 15) is 4.79 Å². The smallest absolute Gasteiger partial charge is 0.410 e. The van der Waals surface area contributed by atoms with Crippen LogP contribution >= 0.6 is 0 Å². The van der Waals surface area contributed by atoms with E-state index < -0.39 is 0 Å². The van der Waals surface area contributed by atoms with Crippen molar-refractivity contribution in [1.82, 2.24) is 9.80 Å². The number of ether oxygens (including phenoxy) is 1. The molecule has 0 aliphatic carbocycles. The van der Waals surface area contributed by atoms with Crippen LogP contribution in [0.15, 0.2) is 43.0 Å². The van der Waals surface area contributed by atoms with Crippen molar-refractivity contribution in [2.75, 3.05) is 32.7 Å². The maximum atomic E-state index is 12.1. The normalized spacial score (nSPS) is 16.5. The molecule has 1 aliphatic rings. The monoisotopic (exact) mass is 274 g/mol. The Balaban J connectivity index is 1.79. The molecule has 0 N–H and O–H groups in total. The number of hydrogen-bond acceptors (Lipinski definition) is 3. The van der Waals surface area contributed by atoms with Gasteiger partial charge in [-0.05, 0) is 12.0 Å². The molecule has 0 atom stereocenters. The summed E-state index contributed by atoms with van der Waals surface area (Å²) in [4.78, 5) is 16.2. The van der Waals surface area contributed by atoms with Crippen molar-refractivity contribution in [3.05, 3.63) is 48.6 Å². The largest absolute Gasteiger partial charge is 0.445 e. The second kappa shape index (κ2) is 7.70. The van der Waals surface area contributed by atoms with E-state index in [0.29, 0.717) is 6.61 Å². The van der Waals surface area contributed by atoms with Gasteiger partial charge < -0.3 is 9.64 Å². The van der Waals surface area contributed by atoms with Crippen molar-refractivity contribution in [2.24, 2.45) is 0 Å². The molecule has 0 saturated carbocycles. The molecule has 1 aliphatic heterocycles. The molecule has 0 aromatic heterocycles. The van der Waals surface area contributed by atoms with Crippen LogP contribution in [0.1, 0.15) is 12.0 Å². The fourth-order valence-corrected chi connectivity index (χ4v) is 2.33. The number of carbonyl (C=O) groups is 1. The first-order chi connectivity index (χ1) is 9.79. The van der Waals surface area contributed by atoms with Gasteiger partial charge in [0.25, 0.3) is 0 Å². The van der Waals surface area contributed by atoms with E-state index >= 15 is 0 Å². The molecule has 1 heterocycles. The fourth-order valence-electron chi connectivity index (χ4n) is 2.33. The van der Waals surface area contributed by atoms with Crippen LogP contribution in [0.25, 0.3) is 0 Å². The van der Waals surface area contributed by atoms with Gasteiger partial charge in [-0.3, -0.25) is 4.90 Å². The maximum Gasteiger partial charge on any atom is 0.410 e. The first-order valence-corrected chi connectivity index (χ1v) is 7.08. The Labute approximate surface area is 120 Å². The summed E-state index contributed by atoms with van der Waals surface area (Å²) in [5.74, 6) is 0. The third kappa shape index (κ3) is 4.38. The molecule has 0 bridgehead atoms. The zero-order valence-corrected chi connectivity index (χ0v) is 11.8. The lowest BCUT2D eigenvalue weighted by Gasteiger charge is -2.20. The number of benzene rings is 1. The molecule has 4 heteroatoms. The van der Waals surface area contributed by atoms with Crippen LogP contribution in [-0.4, -0.2) is 48.6 Å². The summed E-state index contributed by atoms with van der Waals surface area (Å²) < 4.78 is 5.37. The standard InChI is InChI=1S/C16H22N2O2/c1-2-9-17-10-6-11-18(13-12-17)16(19)20-14-15-7-4-3-5-8-15/h2-5,7-8H,1,6,9-14H2. The third-order valence-corrected chi connectivity index (χ3v) is 3.44. The van der Waals surface area contributed by atoms with Crippen LogP contribution < -0.4 is 0 Å². The van der Waals surface area contributed by atoms with E-state index in [1.165, 1.54) is 0 Å². The Hall–Kier alpha value is -1.81. The van der Waals surface area contributed by atoms with Gasteiger partial charge in [-0.2, -0.15) is 0 Å². The molecule has 0 radical (unpaired) electrons. The molecule has 1 aromatic carbocycles. The van der Waals surface area contributed by atoms with Gasteiger partial charge in [-0.25, -0.2) is 4.79 Å². The van der Waals surface area contributed by atoms with Crippen LogP contribution in [0.2, 0.25) is 0 Å². The molecule has 1 fully saturated rings. The molecule has 4 nitrogen and oxygen atoms in total. The number of carbonyl (C=O) groups excluding carboxylic acids is 1. The SMILES string of the molecule is C=CCN1CCCN(C(=O)OCc2ccccc2)CC1. The van der Waals surface area contributed by atoms with Gasteiger partial charge in [0.2, 0.25) is 0 Å². The Morgan fingerprint density at radius 3 is 2.75 bits per heavy atom. The minimum Gasteiger partial charge on any atom is -0.445 e. The van der Waals surface area contributed by atoms with Gasteiger partial charge in [0.15, 0.2) is 0 Å². The van der Waals surface area contributed by atoms with Crippen molar-refractivity contribution in [3.8, 4) is 0 Å². The Kier molecular flexibility index (Phi) is 5.62. The molecule has 108 valence electrons. The van der Waals surface area contributed by atoms with Crippen LogP contribution in [0.3, 0.4) is 0 Å². The van der Waals surface area contributed by atoms with Gasteiger partial charge in [0.1, 0.15) is 6.61 Å². The number of rotatable bonds is 4. The summed E-state index contributed by atoms with van der Waals surface area (Å²) in [6.07, 6.45) is 2.67. The molecule has 1 aromatic rings. The number of amides is 1. The van der Waals surface area contributed by atoms with E-state index in [-0.39, 0.29) is 6.09 Å². The summed E-state index contributed by atoms with van der Waals surface area (Å²) in [5.41, 5.74) is 1.02. The predicted molar refractivity (Wildman–Crippen MR) is 79.5 cm³/mol. The molecule has 1 saturated heterocycles. The van der Waals surface area contributed by atoms with Gasteiger partial charge in [-0.1, -0.05) is 36.4 Å². The quantitative estimate of drug-likeness (QED) is 0.791. The first kappa shape index (κ1) is 14.6. The molecule has 20 heavy (non-hydrogen) atoms. The molecule has 2 rings (SSSR count). The number of hydrogen-bond donors (Lipinski definition) is 0. The van der Waals surface area contributed by atoms with Gasteiger partial charge >= 0.3 is 6.09 Å². The number of nitrogens with zero attached hydrogens (tertiary/aromatic N) is 2. The molecule has 0 unspecified atom stereocenters. The van der Waals surface area contributed by atoms with E-state index in [0.717, 1.165) is 44.7 Å². The van der Waals surface area contributed by atoms with Crippen LogP contribution in [0.5, 0.6) is 0 Å². The van der Waals surface area contributed by atoms with Crippen molar-refractivity contribution in [1.29, 1.82) is 0 Å². The summed E-state index contributed by atoms with van der Waals surface area (Å²) >= 11 is 0. The minimum absolute atomic E-state index is 0.214. The van der Waals surface area contributed by atoms with Crippen LogP contribution in [-0.2, 0) is 11.3 Å². The highest BCUT2D eigenvalue weighted by atomic mass is 16.6. The average Bonchev–Trinajstić information content (AvgIpc) is 2.72. The van der Waals surface area contributed by atoms with Crippen LogP contribution in [0, 0.1) is 0 Å². The second-order valence-corrected chi connectivity index (χ2v) is 4.97. The summed E-state index contributed by atoms with van der Waals surface area (Å²) in [5, 5.41) is 0. The average molecular weight is 274 g/mol. The van der Waals surface area contributed by atoms with Crippen molar-refractivity contribution in [2.45, 2.75) is 13.0 Å². The molecular weight excluding hydrogens is 252 g/mol. The molecule has 0 spiro atoms. The Bertz CT molecular complexity index is 433. The van der Waals surface area contributed by atoms with Gasteiger partial charge in [0.05, 0.1) is 0 Å². The van der Waals surface area contributed by atoms with Gasteiger partial charge in [-0.15, -0.1) is 6.58 Å². The van der Waals surface area contributed by atoms with E-state index in [1.807, 2.05) is 36.4 Å². The summed E-state index contributed by atoms with van der Waals surface area (Å²) in [6, 6.07) is 9.77. The van der Waals surface area contributed by atoms with Crippen molar-refractivity contribution >= 4 is 6.09 Å². The highest BCUT2D eigenvalue weighted by Gasteiger charge is 2.19. The third-order valence-electron chi connectivity index (χ3n) is 3.44. The summed E-state index contributed by atoms with van der Waals surface area (Å²) in [7, 11) is 0. The Morgan fingerprint density at radius 2 is 2.00 bits per heavy atom. The summed E-state index contributed by atoms with van der Waals surface area (Å²) in [6.45, 7) is 8.36. The second-order valence-electron chi connectivity index (χ2n) is 4.97. The highest BCUT2D eigenvalue weighted by Crippen LogP contribution is 2.07.